The molecule has 2 N–H and O–H groups in total. The third kappa shape index (κ3) is 7.69. The van der Waals surface area contributed by atoms with Crippen LogP contribution in [0.25, 0.3) is 0 Å². The summed E-state index contributed by atoms with van der Waals surface area (Å²) in [5.74, 6) is 0.159. The number of pyridine rings is 1. The predicted octanol–water partition coefficient (Wildman–Crippen LogP) is 0.757. The molecule has 0 aliphatic carbocycles. The molecular weight excluding hydrogens is 422 g/mol. The van der Waals surface area contributed by atoms with E-state index in [0.717, 1.165) is 44.6 Å². The first-order valence-electron chi connectivity index (χ1n) is 11.1. The van der Waals surface area contributed by atoms with Crippen molar-refractivity contribution in [1.82, 2.24) is 30.5 Å². The Kier molecular flexibility index (Phi) is 8.96. The van der Waals surface area contributed by atoms with Gasteiger partial charge < -0.3 is 15.0 Å². The molecule has 2 saturated heterocycles. The number of aromatic nitrogens is 1. The van der Waals surface area contributed by atoms with Crippen molar-refractivity contribution in [1.29, 1.82) is 0 Å². The van der Waals surface area contributed by atoms with Crippen molar-refractivity contribution in [2.24, 2.45) is 4.99 Å². The molecule has 1 aromatic rings. The van der Waals surface area contributed by atoms with Crippen molar-refractivity contribution in [2.45, 2.75) is 25.4 Å². The SMILES string of the molecule is C=CC(=O)N[C@@H]1CCCN(Cc2ccnc(C(=O)NN(C)/C=N\C(=C)N3CCOCC3)c2)C1. The van der Waals surface area contributed by atoms with Crippen LogP contribution in [0.1, 0.15) is 28.9 Å². The maximum absolute atomic E-state index is 12.7. The lowest BCUT2D eigenvalue weighted by molar-refractivity contribution is -0.117. The molecule has 2 aliphatic rings. The first kappa shape index (κ1) is 24.4. The second-order valence-corrected chi connectivity index (χ2v) is 8.15. The fraction of sp³-hybridized carbons (Fsp3) is 0.478. The van der Waals surface area contributed by atoms with Gasteiger partial charge in [-0.15, -0.1) is 0 Å². The van der Waals surface area contributed by atoms with Gasteiger partial charge in [-0.1, -0.05) is 13.2 Å². The molecule has 0 radical (unpaired) electrons. The van der Waals surface area contributed by atoms with E-state index in [1.54, 1.807) is 19.3 Å². The Labute approximate surface area is 195 Å². The Bertz CT molecular complexity index is 883. The number of morpholine rings is 1. The Morgan fingerprint density at radius 2 is 2.15 bits per heavy atom. The normalized spacial score (nSPS) is 19.2. The predicted molar refractivity (Wildman–Crippen MR) is 126 cm³/mol. The summed E-state index contributed by atoms with van der Waals surface area (Å²) < 4.78 is 5.33. The Morgan fingerprint density at radius 3 is 2.91 bits per heavy atom. The zero-order chi connectivity index (χ0) is 23.6. The second kappa shape index (κ2) is 12.1. The van der Waals surface area contributed by atoms with Crippen molar-refractivity contribution >= 4 is 18.2 Å². The van der Waals surface area contributed by atoms with Crippen LogP contribution in [-0.2, 0) is 16.1 Å². The highest BCUT2D eigenvalue weighted by Gasteiger charge is 2.21. The third-order valence-electron chi connectivity index (χ3n) is 5.53. The summed E-state index contributed by atoms with van der Waals surface area (Å²) in [6, 6.07) is 3.80. The minimum absolute atomic E-state index is 0.106. The minimum atomic E-state index is -0.322. The average molecular weight is 456 g/mol. The molecule has 0 bridgehead atoms. The summed E-state index contributed by atoms with van der Waals surface area (Å²) in [7, 11) is 1.70. The highest BCUT2D eigenvalue weighted by Crippen LogP contribution is 2.14. The fourth-order valence-corrected chi connectivity index (χ4v) is 3.83. The summed E-state index contributed by atoms with van der Waals surface area (Å²) in [5, 5.41) is 4.45. The van der Waals surface area contributed by atoms with E-state index in [1.807, 2.05) is 11.0 Å². The maximum Gasteiger partial charge on any atom is 0.288 e. The molecule has 178 valence electrons. The van der Waals surface area contributed by atoms with Crippen LogP contribution in [0.2, 0.25) is 0 Å². The van der Waals surface area contributed by atoms with Crippen molar-refractivity contribution in [3.05, 3.63) is 54.6 Å². The number of rotatable bonds is 9. The van der Waals surface area contributed by atoms with E-state index in [0.29, 0.717) is 31.3 Å². The molecule has 2 amide bonds. The van der Waals surface area contributed by atoms with E-state index in [4.69, 9.17) is 4.74 Å². The number of hydrogen-bond acceptors (Lipinski definition) is 7. The van der Waals surface area contributed by atoms with Crippen LogP contribution in [0.5, 0.6) is 0 Å². The average Bonchev–Trinajstić information content (AvgIpc) is 2.83. The summed E-state index contributed by atoms with van der Waals surface area (Å²) in [4.78, 5) is 37.1. The maximum atomic E-state index is 12.7. The number of likely N-dealkylation sites (tertiary alicyclic amines) is 1. The molecule has 0 spiro atoms. The van der Waals surface area contributed by atoms with Gasteiger partial charge in [0.25, 0.3) is 5.91 Å². The number of hydrogen-bond donors (Lipinski definition) is 2. The number of nitrogens with one attached hydrogen (secondary N) is 2. The van der Waals surface area contributed by atoms with Gasteiger partial charge in [0.05, 0.1) is 13.2 Å². The topological polar surface area (TPSA) is 102 Å². The number of carbonyl (C=O) groups is 2. The van der Waals surface area contributed by atoms with Crippen LogP contribution in [0.15, 0.2) is 48.4 Å². The van der Waals surface area contributed by atoms with Gasteiger partial charge >= 0.3 is 0 Å². The second-order valence-electron chi connectivity index (χ2n) is 8.15. The Balaban J connectivity index is 1.51. The molecule has 1 aromatic heterocycles. The standard InChI is InChI=1S/C23H33N7O3/c1-4-22(31)26-20-6-5-9-29(16-20)15-19-7-8-24-21(14-19)23(32)27-28(3)17-25-18(2)30-10-12-33-13-11-30/h4,7-8,14,17,20H,1-2,5-6,9-13,15-16H2,3H3,(H,26,31)(H,27,32)/b25-17-/t20-/m1/s1. The lowest BCUT2D eigenvalue weighted by Gasteiger charge is -2.33. The van der Waals surface area contributed by atoms with Crippen molar-refractivity contribution in [3.63, 3.8) is 0 Å². The van der Waals surface area contributed by atoms with Gasteiger partial charge in [0, 0.05) is 45.5 Å². The van der Waals surface area contributed by atoms with Gasteiger partial charge in [-0.25, -0.2) is 4.99 Å². The van der Waals surface area contributed by atoms with Crippen molar-refractivity contribution in [3.8, 4) is 0 Å². The number of hydrazine groups is 1. The minimum Gasteiger partial charge on any atom is -0.378 e. The first-order chi connectivity index (χ1) is 15.9. The first-order valence-corrected chi connectivity index (χ1v) is 11.1. The molecule has 2 aliphatic heterocycles. The van der Waals surface area contributed by atoms with E-state index in [-0.39, 0.29) is 17.9 Å². The molecule has 10 nitrogen and oxygen atoms in total. The molecule has 1 atom stereocenters. The lowest BCUT2D eigenvalue weighted by atomic mass is 10.0. The molecule has 2 fully saturated rings. The number of carbonyl (C=O) groups excluding carboxylic acids is 2. The summed E-state index contributed by atoms with van der Waals surface area (Å²) in [6.45, 7) is 12.7. The number of ether oxygens (including phenoxy) is 1. The van der Waals surface area contributed by atoms with E-state index in [9.17, 15) is 9.59 Å². The number of amides is 2. The van der Waals surface area contributed by atoms with Crippen LogP contribution < -0.4 is 10.7 Å². The van der Waals surface area contributed by atoms with Crippen molar-refractivity contribution < 1.29 is 14.3 Å². The Morgan fingerprint density at radius 1 is 1.36 bits per heavy atom. The quantitative estimate of drug-likeness (QED) is 0.245. The molecule has 3 rings (SSSR count). The summed E-state index contributed by atoms with van der Waals surface area (Å²) >= 11 is 0. The van der Waals surface area contributed by atoms with E-state index < -0.39 is 0 Å². The monoisotopic (exact) mass is 455 g/mol. The highest BCUT2D eigenvalue weighted by molar-refractivity contribution is 5.92. The van der Waals surface area contributed by atoms with Gasteiger partial charge in [-0.05, 0) is 43.2 Å². The third-order valence-corrected chi connectivity index (χ3v) is 5.53. The van der Waals surface area contributed by atoms with Crippen LogP contribution in [-0.4, -0.2) is 90.4 Å². The number of nitrogens with zero attached hydrogens (tertiary/aromatic N) is 5. The molecule has 0 saturated carbocycles. The number of piperidine rings is 1. The van der Waals surface area contributed by atoms with Gasteiger partial charge in [-0.3, -0.25) is 29.9 Å². The molecule has 33 heavy (non-hydrogen) atoms. The summed E-state index contributed by atoms with van der Waals surface area (Å²) in [5.41, 5.74) is 4.06. The van der Waals surface area contributed by atoms with Gasteiger partial charge in [0.2, 0.25) is 5.91 Å². The largest absolute Gasteiger partial charge is 0.378 e. The molecule has 10 heteroatoms. The van der Waals surface area contributed by atoms with Gasteiger partial charge in [0.15, 0.2) is 0 Å². The van der Waals surface area contributed by atoms with E-state index >= 15 is 0 Å². The zero-order valence-corrected chi connectivity index (χ0v) is 19.2. The fourth-order valence-electron chi connectivity index (χ4n) is 3.83. The van der Waals surface area contributed by atoms with E-state index in [1.165, 1.54) is 17.4 Å². The van der Waals surface area contributed by atoms with Crippen molar-refractivity contribution in [2.75, 3.05) is 46.4 Å². The summed E-state index contributed by atoms with van der Waals surface area (Å²) in [6.07, 6.45) is 6.41. The number of aliphatic imine (C=N–C) groups is 1. The molecule has 3 heterocycles. The van der Waals surface area contributed by atoms with E-state index in [2.05, 4.69) is 38.8 Å². The zero-order valence-electron chi connectivity index (χ0n) is 19.2. The van der Waals surface area contributed by atoms with Crippen LogP contribution in [0.3, 0.4) is 0 Å². The van der Waals surface area contributed by atoms with Crippen LogP contribution in [0.4, 0.5) is 0 Å². The van der Waals surface area contributed by atoms with Crippen LogP contribution >= 0.6 is 0 Å². The Hall–Kier alpha value is -3.24. The lowest BCUT2D eigenvalue weighted by Crippen LogP contribution is -2.46. The van der Waals surface area contributed by atoms with Gasteiger partial charge in [0.1, 0.15) is 17.9 Å². The molecule has 0 aromatic carbocycles. The smallest absolute Gasteiger partial charge is 0.288 e. The highest BCUT2D eigenvalue weighted by atomic mass is 16.5. The van der Waals surface area contributed by atoms with Crippen LogP contribution in [0, 0.1) is 0 Å². The van der Waals surface area contributed by atoms with Gasteiger partial charge in [-0.2, -0.15) is 0 Å². The molecule has 0 unspecified atom stereocenters. The molecular formula is C23H33N7O3.